The summed E-state index contributed by atoms with van der Waals surface area (Å²) in [7, 11) is 0. The third-order valence-corrected chi connectivity index (χ3v) is 4.67. The number of phenols is 1. The highest BCUT2D eigenvalue weighted by atomic mass is 35.5. The molecule has 1 N–H and O–H groups in total. The number of halogens is 1. The molecule has 27 heavy (non-hydrogen) atoms. The summed E-state index contributed by atoms with van der Waals surface area (Å²) in [5, 5.41) is 19.9. The maximum Gasteiger partial charge on any atom is 0.182 e. The van der Waals surface area contributed by atoms with Crippen molar-refractivity contribution in [3.63, 3.8) is 0 Å². The molecule has 0 aliphatic carbocycles. The van der Waals surface area contributed by atoms with E-state index in [0.29, 0.717) is 22.1 Å². The second kappa shape index (κ2) is 5.78. The molecule has 0 unspecified atom stereocenters. The van der Waals surface area contributed by atoms with Crippen LogP contribution in [0.4, 0.5) is 0 Å². The van der Waals surface area contributed by atoms with Crippen LogP contribution in [0.5, 0.6) is 5.75 Å². The molecule has 5 aromatic rings. The topological polar surface area (TPSA) is 81.1 Å². The summed E-state index contributed by atoms with van der Waals surface area (Å²) < 4.78 is 3.38. The lowest BCUT2D eigenvalue weighted by molar-refractivity contribution is 0.475. The van der Waals surface area contributed by atoms with Crippen molar-refractivity contribution in [2.75, 3.05) is 0 Å². The van der Waals surface area contributed by atoms with Crippen molar-refractivity contribution in [3.8, 4) is 22.8 Å². The Morgan fingerprint density at radius 2 is 1.85 bits per heavy atom. The molecule has 8 heteroatoms. The number of aromatic nitrogens is 6. The number of aryl methyl sites for hydroxylation is 1. The summed E-state index contributed by atoms with van der Waals surface area (Å²) in [6.07, 6.45) is 3.35. The third-order valence-electron chi connectivity index (χ3n) is 4.43. The van der Waals surface area contributed by atoms with Crippen molar-refractivity contribution >= 4 is 28.3 Å². The average Bonchev–Trinajstić information content (AvgIpc) is 3.28. The molecule has 5 rings (SSSR count). The van der Waals surface area contributed by atoms with E-state index in [4.69, 9.17) is 11.6 Å². The summed E-state index contributed by atoms with van der Waals surface area (Å²) in [4.78, 5) is 9.15. The molecule has 2 aromatic carbocycles. The minimum Gasteiger partial charge on any atom is -0.508 e. The van der Waals surface area contributed by atoms with Crippen molar-refractivity contribution in [3.05, 3.63) is 65.6 Å². The van der Waals surface area contributed by atoms with E-state index < -0.39 is 0 Å². The lowest BCUT2D eigenvalue weighted by Gasteiger charge is -2.07. The summed E-state index contributed by atoms with van der Waals surface area (Å²) in [6.45, 7) is 2.00. The Labute approximate surface area is 158 Å². The van der Waals surface area contributed by atoms with Crippen LogP contribution in [-0.2, 0) is 0 Å². The van der Waals surface area contributed by atoms with Gasteiger partial charge < -0.3 is 5.11 Å². The van der Waals surface area contributed by atoms with Gasteiger partial charge in [0.05, 0.1) is 17.3 Å². The lowest BCUT2D eigenvalue weighted by atomic mass is 10.2. The van der Waals surface area contributed by atoms with E-state index in [2.05, 4.69) is 20.2 Å². The van der Waals surface area contributed by atoms with E-state index >= 15 is 0 Å². The molecule has 0 fully saturated rings. The zero-order valence-electron chi connectivity index (χ0n) is 14.2. The largest absolute Gasteiger partial charge is 0.508 e. The van der Waals surface area contributed by atoms with Crippen LogP contribution in [0.15, 0.2) is 55.0 Å². The minimum absolute atomic E-state index is 0.199. The zero-order valence-corrected chi connectivity index (χ0v) is 15.0. The first-order valence-electron chi connectivity index (χ1n) is 8.25. The van der Waals surface area contributed by atoms with Crippen LogP contribution >= 0.6 is 11.6 Å². The van der Waals surface area contributed by atoms with E-state index in [1.54, 1.807) is 46.0 Å². The molecule has 3 heterocycles. The standard InChI is InChI=1S/C19H13ClN6O/c1-11-2-5-13(20)8-16(11)26-18-15(9-22-26)19-23-17(24-25(19)10-21-18)12-3-6-14(27)7-4-12/h2-10,27H,1H3. The number of hydrogen-bond acceptors (Lipinski definition) is 5. The Hall–Kier alpha value is -3.45. The summed E-state index contributed by atoms with van der Waals surface area (Å²) in [5.74, 6) is 0.751. The van der Waals surface area contributed by atoms with Crippen LogP contribution in [0.1, 0.15) is 5.56 Å². The number of aromatic hydroxyl groups is 1. The van der Waals surface area contributed by atoms with Gasteiger partial charge in [-0.25, -0.2) is 19.2 Å². The highest BCUT2D eigenvalue weighted by Gasteiger charge is 2.15. The summed E-state index contributed by atoms with van der Waals surface area (Å²) >= 11 is 6.16. The number of nitrogens with zero attached hydrogens (tertiary/aromatic N) is 6. The average molecular weight is 377 g/mol. The Morgan fingerprint density at radius 1 is 1.04 bits per heavy atom. The van der Waals surface area contributed by atoms with Gasteiger partial charge in [0.2, 0.25) is 0 Å². The first-order valence-corrected chi connectivity index (χ1v) is 8.63. The molecule has 0 aliphatic rings. The van der Waals surface area contributed by atoms with E-state index in [0.717, 1.165) is 22.2 Å². The van der Waals surface area contributed by atoms with Gasteiger partial charge in [0, 0.05) is 10.6 Å². The Morgan fingerprint density at radius 3 is 2.67 bits per heavy atom. The molecule has 0 aliphatic heterocycles. The van der Waals surface area contributed by atoms with Gasteiger partial charge in [-0.05, 0) is 48.9 Å². The Balaban J connectivity index is 1.71. The number of rotatable bonds is 2. The maximum atomic E-state index is 9.46. The van der Waals surface area contributed by atoms with Crippen LogP contribution in [0.3, 0.4) is 0 Å². The fraction of sp³-hybridized carbons (Fsp3) is 0.0526. The monoisotopic (exact) mass is 376 g/mol. The summed E-state index contributed by atoms with van der Waals surface area (Å²) in [6, 6.07) is 12.4. The fourth-order valence-electron chi connectivity index (χ4n) is 3.04. The second-order valence-corrected chi connectivity index (χ2v) is 6.66. The van der Waals surface area contributed by atoms with Gasteiger partial charge >= 0.3 is 0 Å². The summed E-state index contributed by atoms with van der Waals surface area (Å²) in [5.41, 5.74) is 4.05. The molecule has 0 atom stereocenters. The number of phenolic OH excluding ortho intramolecular Hbond substituents is 1. The maximum absolute atomic E-state index is 9.46. The van der Waals surface area contributed by atoms with E-state index in [9.17, 15) is 5.11 Å². The first-order chi connectivity index (χ1) is 13.1. The van der Waals surface area contributed by atoms with E-state index in [1.807, 2.05) is 25.1 Å². The highest BCUT2D eigenvalue weighted by Crippen LogP contribution is 2.26. The van der Waals surface area contributed by atoms with Gasteiger partial charge in [0.1, 0.15) is 12.1 Å². The smallest absolute Gasteiger partial charge is 0.182 e. The predicted octanol–water partition coefficient (Wildman–Crippen LogP) is 3.80. The van der Waals surface area contributed by atoms with Crippen molar-refractivity contribution in [1.82, 2.24) is 29.4 Å². The molecule has 132 valence electrons. The normalized spacial score (nSPS) is 11.5. The van der Waals surface area contributed by atoms with Crippen LogP contribution in [0, 0.1) is 6.92 Å². The Bertz CT molecular complexity index is 1310. The predicted molar refractivity (Wildman–Crippen MR) is 102 cm³/mol. The van der Waals surface area contributed by atoms with Crippen LogP contribution in [0.2, 0.25) is 5.02 Å². The van der Waals surface area contributed by atoms with Crippen molar-refractivity contribution < 1.29 is 5.11 Å². The Kier molecular flexibility index (Phi) is 3.38. The van der Waals surface area contributed by atoms with Gasteiger partial charge in [-0.3, -0.25) is 0 Å². The SMILES string of the molecule is Cc1ccc(Cl)cc1-n1ncc2c1ncn1nc(-c3ccc(O)cc3)nc21. The van der Waals surface area contributed by atoms with Crippen molar-refractivity contribution in [2.45, 2.75) is 6.92 Å². The van der Waals surface area contributed by atoms with Gasteiger partial charge in [0.25, 0.3) is 0 Å². The molecule has 0 amide bonds. The lowest BCUT2D eigenvalue weighted by Crippen LogP contribution is -2.01. The molecule has 7 nitrogen and oxygen atoms in total. The molecule has 3 aromatic heterocycles. The van der Waals surface area contributed by atoms with Gasteiger partial charge in [-0.15, -0.1) is 5.10 Å². The van der Waals surface area contributed by atoms with Gasteiger partial charge in [-0.2, -0.15) is 5.10 Å². The van der Waals surface area contributed by atoms with Gasteiger partial charge in [0.15, 0.2) is 17.1 Å². The van der Waals surface area contributed by atoms with Crippen LogP contribution < -0.4 is 0 Å². The number of benzene rings is 2. The van der Waals surface area contributed by atoms with E-state index in [1.165, 1.54) is 0 Å². The molecule has 0 saturated carbocycles. The number of fused-ring (bicyclic) bond motifs is 3. The highest BCUT2D eigenvalue weighted by molar-refractivity contribution is 6.30. The third kappa shape index (κ3) is 2.51. The van der Waals surface area contributed by atoms with E-state index in [-0.39, 0.29) is 5.75 Å². The van der Waals surface area contributed by atoms with Crippen LogP contribution in [0.25, 0.3) is 33.8 Å². The zero-order chi connectivity index (χ0) is 18.5. The molecule has 0 radical (unpaired) electrons. The quantitative estimate of drug-likeness (QED) is 0.507. The molecular formula is C19H13ClN6O. The number of hydrogen-bond donors (Lipinski definition) is 1. The minimum atomic E-state index is 0.199. The van der Waals surface area contributed by atoms with Crippen molar-refractivity contribution in [2.24, 2.45) is 0 Å². The molecule has 0 spiro atoms. The molecular weight excluding hydrogens is 364 g/mol. The van der Waals surface area contributed by atoms with Crippen LogP contribution in [-0.4, -0.2) is 34.5 Å². The molecule has 0 saturated heterocycles. The first kappa shape index (κ1) is 15.8. The van der Waals surface area contributed by atoms with Gasteiger partial charge in [-0.1, -0.05) is 17.7 Å². The molecule has 0 bridgehead atoms. The fourth-order valence-corrected chi connectivity index (χ4v) is 3.21. The second-order valence-electron chi connectivity index (χ2n) is 6.22. The van der Waals surface area contributed by atoms with Crippen molar-refractivity contribution in [1.29, 1.82) is 0 Å².